The number of fused-ring (bicyclic) bond motifs is 3. The number of thiazole rings is 1. The van der Waals surface area contributed by atoms with Gasteiger partial charge in [0.25, 0.3) is 5.91 Å². The molecule has 2 aliphatic heterocycles. The molecule has 2 aromatic heterocycles. The zero-order chi connectivity index (χ0) is 43.8. The Hall–Kier alpha value is -6.47. The standard InChI is InChI=1S/C49H40Cl2N4O7S/c1-27-28(2)52-18-17-36(27)31-10-7-29(8-11-31)20-40(49(58)59)53-46(56)41-21-33-22-42-43(23-34(33)24-55(41)48(57)47-54-39-5-3-4-6-45(39)63-47)62-44(26-61-42)32-12-14-35(15-13-32)60-25-30-9-16-37(50)38(51)19-30/h3-19,22-23,40-41,44H,20-21,24-26H2,1-2H3,(H,53,56)(H,58,59)/t40?,41-,44+/m0/s1. The summed E-state index contributed by atoms with van der Waals surface area (Å²) >= 11 is 13.5. The van der Waals surface area contributed by atoms with Crippen molar-refractivity contribution in [1.82, 2.24) is 20.2 Å². The number of ether oxygens (including phenoxy) is 3. The first-order valence-corrected chi connectivity index (χ1v) is 21.9. The molecule has 0 saturated carbocycles. The fraction of sp³-hybridized carbons (Fsp3) is 0.204. The van der Waals surface area contributed by atoms with Crippen LogP contribution in [-0.2, 0) is 35.6 Å². The summed E-state index contributed by atoms with van der Waals surface area (Å²) in [7, 11) is 0. The van der Waals surface area contributed by atoms with Crippen LogP contribution in [0.2, 0.25) is 10.0 Å². The lowest BCUT2D eigenvalue weighted by Crippen LogP contribution is -2.56. The molecule has 0 spiro atoms. The lowest BCUT2D eigenvalue weighted by atomic mass is 9.92. The summed E-state index contributed by atoms with van der Waals surface area (Å²) in [5.74, 6) is -0.510. The van der Waals surface area contributed by atoms with Gasteiger partial charge in [0.05, 0.1) is 20.3 Å². The number of aromatic nitrogens is 2. The molecule has 2 N–H and O–H groups in total. The average Bonchev–Trinajstić information content (AvgIpc) is 3.74. The Kier molecular flexibility index (Phi) is 11.8. The van der Waals surface area contributed by atoms with Crippen LogP contribution in [0.5, 0.6) is 17.2 Å². The molecule has 4 heterocycles. The van der Waals surface area contributed by atoms with Crippen LogP contribution in [-0.4, -0.2) is 56.4 Å². The number of nitrogens with one attached hydrogen (secondary N) is 1. The summed E-state index contributed by atoms with van der Waals surface area (Å²) in [5.41, 5.74) is 8.76. The number of carboxylic acids is 1. The van der Waals surface area contributed by atoms with Gasteiger partial charge in [-0.3, -0.25) is 14.6 Å². The number of nitrogens with zero attached hydrogens (tertiary/aromatic N) is 3. The van der Waals surface area contributed by atoms with Crippen LogP contribution in [0.25, 0.3) is 21.3 Å². The van der Waals surface area contributed by atoms with Crippen LogP contribution in [0.3, 0.4) is 0 Å². The third-order valence-corrected chi connectivity index (χ3v) is 13.3. The third-order valence-electron chi connectivity index (χ3n) is 11.5. The molecule has 3 atom stereocenters. The highest BCUT2D eigenvalue weighted by atomic mass is 35.5. The van der Waals surface area contributed by atoms with E-state index >= 15 is 0 Å². The number of carbonyl (C=O) groups excluding carboxylic acids is 2. The van der Waals surface area contributed by atoms with Crippen LogP contribution >= 0.6 is 34.5 Å². The van der Waals surface area contributed by atoms with Gasteiger partial charge in [-0.1, -0.05) is 77.8 Å². The molecule has 0 saturated heterocycles. The maximum atomic E-state index is 14.4. The summed E-state index contributed by atoms with van der Waals surface area (Å²) in [6.45, 7) is 4.59. The fourth-order valence-corrected chi connectivity index (χ4v) is 9.14. The Morgan fingerprint density at radius 3 is 2.43 bits per heavy atom. The van der Waals surface area contributed by atoms with E-state index in [2.05, 4.69) is 15.3 Å². The second-order valence-corrected chi connectivity index (χ2v) is 17.4. The predicted molar refractivity (Wildman–Crippen MR) is 242 cm³/mol. The van der Waals surface area contributed by atoms with Gasteiger partial charge in [0, 0.05) is 31.3 Å². The maximum Gasteiger partial charge on any atom is 0.326 e. The minimum absolute atomic E-state index is 0.0408. The number of hydrogen-bond acceptors (Lipinski definition) is 9. The van der Waals surface area contributed by atoms with Gasteiger partial charge in [0.2, 0.25) is 5.91 Å². The SMILES string of the molecule is Cc1nccc(-c2ccc(CC(NC(=O)[C@@H]3Cc4cc5c(cc4CN3C(=O)c3nc4ccccc4s3)O[C@@H](c3ccc(OCc4ccc(Cl)c(Cl)c4)cc3)CO5)C(=O)O)cc2)c1C. The molecule has 9 rings (SSSR count). The lowest BCUT2D eigenvalue weighted by Gasteiger charge is -2.37. The van der Waals surface area contributed by atoms with Crippen molar-refractivity contribution in [2.24, 2.45) is 0 Å². The zero-order valence-corrected chi connectivity index (χ0v) is 36.5. The molecule has 11 nitrogen and oxygen atoms in total. The van der Waals surface area contributed by atoms with E-state index < -0.39 is 36.0 Å². The van der Waals surface area contributed by atoms with Gasteiger partial charge in [-0.05, 0) is 113 Å². The number of amides is 2. The summed E-state index contributed by atoms with van der Waals surface area (Å²) in [6.07, 6.45) is 1.50. The van der Waals surface area contributed by atoms with E-state index in [-0.39, 0.29) is 31.0 Å². The average molecular weight is 900 g/mol. The van der Waals surface area contributed by atoms with Gasteiger partial charge in [-0.15, -0.1) is 11.3 Å². The number of benzene rings is 5. The summed E-state index contributed by atoms with van der Waals surface area (Å²) in [5, 5.41) is 14.3. The van der Waals surface area contributed by atoms with E-state index in [1.165, 1.54) is 16.2 Å². The van der Waals surface area contributed by atoms with E-state index in [1.54, 1.807) is 18.3 Å². The summed E-state index contributed by atoms with van der Waals surface area (Å²) in [4.78, 5) is 51.9. The molecule has 2 amide bonds. The van der Waals surface area contributed by atoms with Gasteiger partial charge in [0.1, 0.15) is 31.0 Å². The van der Waals surface area contributed by atoms with E-state index in [0.29, 0.717) is 39.4 Å². The van der Waals surface area contributed by atoms with E-state index in [4.69, 9.17) is 37.4 Å². The minimum Gasteiger partial charge on any atom is -0.489 e. The highest BCUT2D eigenvalue weighted by Gasteiger charge is 2.39. The Balaban J connectivity index is 0.935. The summed E-state index contributed by atoms with van der Waals surface area (Å²) < 4.78 is 19.5. The largest absolute Gasteiger partial charge is 0.489 e. The fourth-order valence-electron chi connectivity index (χ4n) is 7.90. The first kappa shape index (κ1) is 41.9. The van der Waals surface area contributed by atoms with Crippen molar-refractivity contribution in [2.75, 3.05) is 6.61 Å². The molecule has 7 aromatic rings. The molecule has 318 valence electrons. The number of para-hydroxylation sites is 1. The molecule has 14 heteroatoms. The van der Waals surface area contributed by atoms with Crippen molar-refractivity contribution in [2.45, 2.75) is 58.0 Å². The Morgan fingerprint density at radius 1 is 0.905 bits per heavy atom. The smallest absolute Gasteiger partial charge is 0.326 e. The highest BCUT2D eigenvalue weighted by Crippen LogP contribution is 2.41. The van der Waals surface area contributed by atoms with Gasteiger partial charge in [-0.25, -0.2) is 9.78 Å². The number of pyridine rings is 1. The van der Waals surface area contributed by atoms with Crippen LogP contribution in [0, 0.1) is 13.8 Å². The molecule has 0 aliphatic carbocycles. The summed E-state index contributed by atoms with van der Waals surface area (Å²) in [6, 6.07) is 31.4. The molecule has 1 unspecified atom stereocenters. The Morgan fingerprint density at radius 2 is 1.67 bits per heavy atom. The monoisotopic (exact) mass is 898 g/mol. The van der Waals surface area contributed by atoms with Crippen molar-refractivity contribution in [1.29, 1.82) is 0 Å². The van der Waals surface area contributed by atoms with Gasteiger partial charge in [-0.2, -0.15) is 0 Å². The highest BCUT2D eigenvalue weighted by molar-refractivity contribution is 7.20. The first-order valence-electron chi connectivity index (χ1n) is 20.3. The molecule has 5 aromatic carbocycles. The van der Waals surface area contributed by atoms with Gasteiger partial charge >= 0.3 is 5.97 Å². The lowest BCUT2D eigenvalue weighted by molar-refractivity contribution is -0.142. The number of carbonyl (C=O) groups is 3. The Bertz CT molecular complexity index is 2850. The Labute approximate surface area is 377 Å². The van der Waals surface area contributed by atoms with Crippen LogP contribution in [0.1, 0.15) is 55.0 Å². The number of aliphatic carboxylic acids is 1. The van der Waals surface area contributed by atoms with E-state index in [1.807, 2.05) is 111 Å². The van der Waals surface area contributed by atoms with Crippen LogP contribution < -0.4 is 19.5 Å². The van der Waals surface area contributed by atoms with E-state index in [9.17, 15) is 19.5 Å². The van der Waals surface area contributed by atoms with Crippen molar-refractivity contribution < 1.29 is 33.7 Å². The quantitative estimate of drug-likeness (QED) is 0.130. The van der Waals surface area contributed by atoms with Gasteiger partial charge < -0.3 is 29.5 Å². The number of aryl methyl sites for hydroxylation is 1. The molecule has 0 fully saturated rings. The van der Waals surface area contributed by atoms with E-state index in [0.717, 1.165) is 54.9 Å². The van der Waals surface area contributed by atoms with Crippen molar-refractivity contribution in [3.8, 4) is 28.4 Å². The molecule has 0 radical (unpaired) electrons. The first-order chi connectivity index (χ1) is 30.5. The predicted octanol–water partition coefficient (Wildman–Crippen LogP) is 9.75. The van der Waals surface area contributed by atoms with Crippen LogP contribution in [0.15, 0.2) is 115 Å². The van der Waals surface area contributed by atoms with Crippen LogP contribution in [0.4, 0.5) is 0 Å². The third kappa shape index (κ3) is 8.92. The molecular weight excluding hydrogens is 860 g/mol. The number of hydrogen-bond donors (Lipinski definition) is 2. The normalized spacial score (nSPS) is 16.0. The molecule has 2 aliphatic rings. The zero-order valence-electron chi connectivity index (χ0n) is 34.1. The minimum atomic E-state index is -1.26. The second kappa shape index (κ2) is 17.7. The van der Waals surface area contributed by atoms with Crippen molar-refractivity contribution >= 4 is 62.5 Å². The molecule has 63 heavy (non-hydrogen) atoms. The van der Waals surface area contributed by atoms with Crippen molar-refractivity contribution in [3.05, 3.63) is 170 Å². The number of halogens is 2. The number of rotatable bonds is 11. The molecule has 0 bridgehead atoms. The maximum absolute atomic E-state index is 14.4. The number of carboxylic acid groups (broad SMARTS) is 1. The topological polar surface area (TPSA) is 140 Å². The molecular formula is C49H40Cl2N4O7S. The van der Waals surface area contributed by atoms with Crippen molar-refractivity contribution in [3.63, 3.8) is 0 Å². The van der Waals surface area contributed by atoms with Gasteiger partial charge in [0.15, 0.2) is 22.6 Å². The second-order valence-electron chi connectivity index (χ2n) is 15.6.